The fourth-order valence-electron chi connectivity index (χ4n) is 0.456. The van der Waals surface area contributed by atoms with Gasteiger partial charge in [0.1, 0.15) is 5.15 Å². The highest BCUT2D eigenvalue weighted by Gasteiger charge is 2.05. The second-order valence-electron chi connectivity index (χ2n) is 1.54. The minimum absolute atomic E-state index is 0.329. The molecule has 0 saturated heterocycles. The van der Waals surface area contributed by atoms with Crippen molar-refractivity contribution in [1.82, 2.24) is 9.97 Å². The van der Waals surface area contributed by atoms with Gasteiger partial charge in [-0.05, 0) is 6.07 Å². The summed E-state index contributed by atoms with van der Waals surface area (Å²) in [4.78, 5) is 6.83. The number of alkyl halides is 2. The Morgan fingerprint density at radius 1 is 1.40 bits per heavy atom. The van der Waals surface area contributed by atoms with Gasteiger partial charge in [-0.1, -0.05) is 34.8 Å². The second-order valence-corrected chi connectivity index (χ2v) is 3.02. The quantitative estimate of drug-likeness (QED) is 0.511. The Kier molecular flexibility index (Phi) is 2.72. The first kappa shape index (κ1) is 8.05. The van der Waals surface area contributed by atoms with Crippen molar-refractivity contribution in [3.05, 3.63) is 23.2 Å². The first-order valence-corrected chi connectivity index (χ1v) is 3.72. The van der Waals surface area contributed by atoms with E-state index in [0.717, 1.165) is 0 Å². The molecule has 0 amide bonds. The standard InChI is InChI=1S/C5H3Cl3N2/c6-3-1-2-9-5(10-3)4(7)8/h1-2,4H. The molecule has 0 N–H and O–H groups in total. The molecule has 5 heteroatoms. The van der Waals surface area contributed by atoms with Crippen molar-refractivity contribution in [2.45, 2.75) is 4.84 Å². The molecule has 0 saturated carbocycles. The van der Waals surface area contributed by atoms with Gasteiger partial charge < -0.3 is 0 Å². The van der Waals surface area contributed by atoms with Gasteiger partial charge in [-0.2, -0.15) is 0 Å². The van der Waals surface area contributed by atoms with E-state index in [1.165, 1.54) is 6.20 Å². The zero-order valence-electron chi connectivity index (χ0n) is 4.76. The minimum Gasteiger partial charge on any atom is -0.238 e. The fraction of sp³-hybridized carbons (Fsp3) is 0.200. The molecule has 0 aliphatic carbocycles. The van der Waals surface area contributed by atoms with Crippen LogP contribution in [0.5, 0.6) is 0 Å². The van der Waals surface area contributed by atoms with Crippen LogP contribution >= 0.6 is 34.8 Å². The molecule has 0 bridgehead atoms. The lowest BCUT2D eigenvalue weighted by atomic mass is 10.6. The summed E-state index contributed by atoms with van der Waals surface area (Å²) in [7, 11) is 0. The molecular formula is C5H3Cl3N2. The SMILES string of the molecule is Clc1ccnc(C(Cl)Cl)n1. The average molecular weight is 197 g/mol. The van der Waals surface area contributed by atoms with E-state index in [2.05, 4.69) is 9.97 Å². The molecule has 0 aliphatic heterocycles. The largest absolute Gasteiger partial charge is 0.238 e. The number of hydrogen-bond donors (Lipinski definition) is 0. The van der Waals surface area contributed by atoms with Crippen LogP contribution in [0.3, 0.4) is 0 Å². The third-order valence-electron chi connectivity index (χ3n) is 0.835. The zero-order valence-corrected chi connectivity index (χ0v) is 7.03. The first-order valence-electron chi connectivity index (χ1n) is 2.47. The maximum atomic E-state index is 5.52. The number of rotatable bonds is 1. The monoisotopic (exact) mass is 196 g/mol. The van der Waals surface area contributed by atoms with Crippen LogP contribution in [-0.2, 0) is 0 Å². The summed E-state index contributed by atoms with van der Waals surface area (Å²) >= 11 is 16.4. The molecule has 1 aromatic heterocycles. The molecule has 10 heavy (non-hydrogen) atoms. The Labute approximate surface area is 73.1 Å². The molecule has 0 atom stereocenters. The molecule has 1 heterocycles. The Bertz CT molecular complexity index is 226. The first-order chi connectivity index (χ1) is 4.70. The highest BCUT2D eigenvalue weighted by molar-refractivity contribution is 6.43. The van der Waals surface area contributed by atoms with Gasteiger partial charge in [-0.15, -0.1) is 0 Å². The average Bonchev–Trinajstić information content (AvgIpc) is 1.88. The fourth-order valence-corrected chi connectivity index (χ4v) is 0.809. The van der Waals surface area contributed by atoms with Gasteiger partial charge in [-0.3, -0.25) is 0 Å². The Morgan fingerprint density at radius 2 is 2.10 bits per heavy atom. The van der Waals surface area contributed by atoms with E-state index < -0.39 is 4.84 Å². The van der Waals surface area contributed by atoms with Gasteiger partial charge in [0.25, 0.3) is 0 Å². The Balaban J connectivity index is 2.96. The third-order valence-corrected chi connectivity index (χ3v) is 1.44. The van der Waals surface area contributed by atoms with Crippen LogP contribution in [0, 0.1) is 0 Å². The molecule has 1 aromatic rings. The van der Waals surface area contributed by atoms with Crippen molar-refractivity contribution in [2.75, 3.05) is 0 Å². The summed E-state index contributed by atoms with van der Waals surface area (Å²) in [6.45, 7) is 0. The highest BCUT2D eigenvalue weighted by atomic mass is 35.5. The van der Waals surface area contributed by atoms with Crippen LogP contribution in [0.15, 0.2) is 12.3 Å². The second kappa shape index (κ2) is 3.37. The summed E-state index contributed by atoms with van der Waals surface area (Å²) in [6.07, 6.45) is 1.50. The van der Waals surface area contributed by atoms with E-state index in [9.17, 15) is 0 Å². The molecule has 0 aromatic carbocycles. The molecule has 0 spiro atoms. The van der Waals surface area contributed by atoms with Crippen LogP contribution in [0.25, 0.3) is 0 Å². The van der Waals surface area contributed by atoms with Crippen LogP contribution in [0.4, 0.5) is 0 Å². The van der Waals surface area contributed by atoms with Crippen LogP contribution < -0.4 is 0 Å². The maximum Gasteiger partial charge on any atom is 0.167 e. The van der Waals surface area contributed by atoms with E-state index in [1.54, 1.807) is 6.07 Å². The van der Waals surface area contributed by atoms with Crippen molar-refractivity contribution < 1.29 is 0 Å². The van der Waals surface area contributed by atoms with Gasteiger partial charge >= 0.3 is 0 Å². The van der Waals surface area contributed by atoms with E-state index in [-0.39, 0.29) is 0 Å². The van der Waals surface area contributed by atoms with Crippen molar-refractivity contribution in [3.8, 4) is 0 Å². The lowest BCUT2D eigenvalue weighted by Gasteiger charge is -1.97. The molecule has 0 fully saturated rings. The Morgan fingerprint density at radius 3 is 2.50 bits per heavy atom. The molecule has 54 valence electrons. The molecule has 0 radical (unpaired) electrons. The predicted molar refractivity (Wildman–Crippen MR) is 41.5 cm³/mol. The van der Waals surface area contributed by atoms with Gasteiger partial charge in [0.05, 0.1) is 0 Å². The number of halogens is 3. The Hall–Kier alpha value is -0.0500. The minimum atomic E-state index is -0.710. The van der Waals surface area contributed by atoms with Gasteiger partial charge in [0.15, 0.2) is 10.7 Å². The number of nitrogens with zero attached hydrogens (tertiary/aromatic N) is 2. The van der Waals surface area contributed by atoms with E-state index in [0.29, 0.717) is 11.0 Å². The molecule has 1 rings (SSSR count). The maximum absolute atomic E-state index is 5.52. The predicted octanol–water partition coefficient (Wildman–Crippen LogP) is 2.61. The third kappa shape index (κ3) is 1.97. The van der Waals surface area contributed by atoms with Crippen molar-refractivity contribution in [2.24, 2.45) is 0 Å². The number of aromatic nitrogens is 2. The topological polar surface area (TPSA) is 25.8 Å². The normalized spacial score (nSPS) is 10.4. The lowest BCUT2D eigenvalue weighted by Crippen LogP contribution is -1.91. The van der Waals surface area contributed by atoms with Gasteiger partial charge in [0.2, 0.25) is 0 Å². The lowest BCUT2D eigenvalue weighted by molar-refractivity contribution is 1.01. The summed E-state index contributed by atoms with van der Waals surface area (Å²) < 4.78 is 0. The molecule has 2 nitrogen and oxygen atoms in total. The van der Waals surface area contributed by atoms with Crippen molar-refractivity contribution in [1.29, 1.82) is 0 Å². The molecule has 0 unspecified atom stereocenters. The van der Waals surface area contributed by atoms with Crippen LogP contribution in [0.2, 0.25) is 5.15 Å². The van der Waals surface area contributed by atoms with E-state index >= 15 is 0 Å². The van der Waals surface area contributed by atoms with E-state index in [4.69, 9.17) is 34.8 Å². The van der Waals surface area contributed by atoms with Gasteiger partial charge in [0, 0.05) is 6.20 Å². The van der Waals surface area contributed by atoms with Gasteiger partial charge in [-0.25, -0.2) is 9.97 Å². The summed E-state index contributed by atoms with van der Waals surface area (Å²) in [5.41, 5.74) is 0. The van der Waals surface area contributed by atoms with E-state index in [1.807, 2.05) is 0 Å². The van der Waals surface area contributed by atoms with Crippen LogP contribution in [0.1, 0.15) is 10.7 Å². The number of hydrogen-bond acceptors (Lipinski definition) is 2. The molecular weight excluding hydrogens is 194 g/mol. The smallest absolute Gasteiger partial charge is 0.167 e. The van der Waals surface area contributed by atoms with Crippen molar-refractivity contribution in [3.63, 3.8) is 0 Å². The summed E-state index contributed by atoms with van der Waals surface area (Å²) in [6, 6.07) is 1.56. The summed E-state index contributed by atoms with van der Waals surface area (Å²) in [5, 5.41) is 0.344. The summed E-state index contributed by atoms with van der Waals surface area (Å²) in [5.74, 6) is 0.329. The zero-order chi connectivity index (χ0) is 7.56. The molecule has 0 aliphatic rings. The van der Waals surface area contributed by atoms with Crippen LogP contribution in [-0.4, -0.2) is 9.97 Å². The highest BCUT2D eigenvalue weighted by Crippen LogP contribution is 2.21. The van der Waals surface area contributed by atoms with Crippen molar-refractivity contribution >= 4 is 34.8 Å².